The molecule has 0 fully saturated rings. The van der Waals surface area contributed by atoms with E-state index in [-0.39, 0.29) is 32.3 Å². The zero-order chi connectivity index (χ0) is 48.0. The molecule has 0 spiro atoms. The molecule has 0 rings (SSSR count). The number of rotatable bonds is 52. The second-order valence-electron chi connectivity index (χ2n) is 18.1. The minimum absolute atomic E-state index is 0.0950. The highest BCUT2D eigenvalue weighted by atomic mass is 31.2. The van der Waals surface area contributed by atoms with E-state index in [0.29, 0.717) is 13.0 Å². The Balaban J connectivity index is 3.94. The van der Waals surface area contributed by atoms with Crippen LogP contribution in [-0.2, 0) is 27.9 Å². The average molecular weight is 946 g/mol. The second kappa shape index (κ2) is 53.9. The Morgan fingerprint density at radius 1 is 0.470 bits per heavy atom. The summed E-state index contributed by atoms with van der Waals surface area (Å²) >= 11 is 0. The largest absolute Gasteiger partial charge is 0.472 e. The van der Waals surface area contributed by atoms with Crippen LogP contribution in [0.4, 0.5) is 0 Å². The van der Waals surface area contributed by atoms with Gasteiger partial charge in [-0.3, -0.25) is 13.8 Å². The topological polar surface area (TPSA) is 117 Å². The van der Waals surface area contributed by atoms with E-state index >= 15 is 0 Å². The van der Waals surface area contributed by atoms with E-state index in [9.17, 15) is 14.3 Å². The Bertz CT molecular complexity index is 1250. The molecule has 3 N–H and O–H groups in total. The van der Waals surface area contributed by atoms with Crippen molar-refractivity contribution < 1.29 is 32.8 Å². The molecule has 66 heavy (non-hydrogen) atoms. The normalized spacial score (nSPS) is 13.8. The molecular formula is C57H104NO7P. The van der Waals surface area contributed by atoms with Gasteiger partial charge in [0.25, 0.3) is 0 Å². The minimum atomic E-state index is -4.29. The zero-order valence-electron chi connectivity index (χ0n) is 42.9. The maximum atomic E-state index is 12.7. The van der Waals surface area contributed by atoms with Crippen LogP contribution in [-0.4, -0.2) is 49.9 Å². The maximum absolute atomic E-state index is 12.7. The summed E-state index contributed by atoms with van der Waals surface area (Å²) in [6.45, 7) is 4.79. The van der Waals surface area contributed by atoms with Crippen molar-refractivity contribution in [1.29, 1.82) is 0 Å². The van der Waals surface area contributed by atoms with Crippen LogP contribution in [0.15, 0.2) is 72.9 Å². The molecule has 384 valence electrons. The van der Waals surface area contributed by atoms with Crippen LogP contribution >= 0.6 is 7.82 Å². The van der Waals surface area contributed by atoms with Gasteiger partial charge in [-0.25, -0.2) is 4.57 Å². The van der Waals surface area contributed by atoms with Gasteiger partial charge in [-0.15, -0.1) is 0 Å². The number of hydrogen-bond acceptors (Lipinski definition) is 7. The summed E-state index contributed by atoms with van der Waals surface area (Å²) in [4.78, 5) is 22.6. The predicted octanol–water partition coefficient (Wildman–Crippen LogP) is 17.4. The Kier molecular flexibility index (Phi) is 52.2. The summed E-state index contributed by atoms with van der Waals surface area (Å²) < 4.78 is 33.6. The first-order valence-corrected chi connectivity index (χ1v) is 28.9. The van der Waals surface area contributed by atoms with Gasteiger partial charge in [0.05, 0.1) is 19.8 Å². The van der Waals surface area contributed by atoms with Crippen molar-refractivity contribution in [2.45, 2.75) is 251 Å². The molecule has 2 atom stereocenters. The van der Waals surface area contributed by atoms with Gasteiger partial charge >= 0.3 is 13.8 Å². The summed E-state index contributed by atoms with van der Waals surface area (Å²) in [7, 11) is -4.29. The summed E-state index contributed by atoms with van der Waals surface area (Å²) in [5, 5.41) is 0. The van der Waals surface area contributed by atoms with E-state index in [1.54, 1.807) is 0 Å². The highest BCUT2D eigenvalue weighted by Gasteiger charge is 2.25. The maximum Gasteiger partial charge on any atom is 0.472 e. The van der Waals surface area contributed by atoms with Crippen molar-refractivity contribution in [1.82, 2.24) is 0 Å². The van der Waals surface area contributed by atoms with Gasteiger partial charge in [-0.2, -0.15) is 0 Å². The molecular weight excluding hydrogens is 842 g/mol. The van der Waals surface area contributed by atoms with Gasteiger partial charge in [0.15, 0.2) is 0 Å². The highest BCUT2D eigenvalue weighted by Crippen LogP contribution is 2.43. The van der Waals surface area contributed by atoms with Crippen LogP contribution in [0.1, 0.15) is 245 Å². The summed E-state index contributed by atoms with van der Waals surface area (Å²) in [6, 6.07) is 0. The fourth-order valence-electron chi connectivity index (χ4n) is 7.61. The zero-order valence-corrected chi connectivity index (χ0v) is 43.8. The van der Waals surface area contributed by atoms with Crippen molar-refractivity contribution in [2.24, 2.45) is 5.73 Å². The third-order valence-corrected chi connectivity index (χ3v) is 12.6. The van der Waals surface area contributed by atoms with Crippen LogP contribution in [0.25, 0.3) is 0 Å². The fraction of sp³-hybridized carbons (Fsp3) is 0.772. The van der Waals surface area contributed by atoms with Crippen LogP contribution in [0.3, 0.4) is 0 Å². The quantitative estimate of drug-likeness (QED) is 0.0268. The van der Waals surface area contributed by atoms with Crippen molar-refractivity contribution in [3.05, 3.63) is 72.9 Å². The Labute approximate surface area is 407 Å². The number of hydrogen-bond donors (Lipinski definition) is 2. The number of carbonyl (C=O) groups is 1. The summed E-state index contributed by atoms with van der Waals surface area (Å²) in [5.74, 6) is -0.335. The molecule has 0 aromatic rings. The number of nitrogens with two attached hydrogens (primary N) is 1. The molecule has 0 aliphatic heterocycles. The molecule has 0 aliphatic carbocycles. The molecule has 0 amide bonds. The molecule has 0 aromatic heterocycles. The lowest BCUT2D eigenvalue weighted by Gasteiger charge is -2.20. The van der Waals surface area contributed by atoms with E-state index in [2.05, 4.69) is 86.8 Å². The number of ether oxygens (including phenoxy) is 2. The fourth-order valence-corrected chi connectivity index (χ4v) is 8.37. The summed E-state index contributed by atoms with van der Waals surface area (Å²) in [6.07, 6.45) is 69.5. The van der Waals surface area contributed by atoms with Crippen molar-refractivity contribution in [2.75, 3.05) is 33.0 Å². The molecule has 0 heterocycles. The third-order valence-electron chi connectivity index (χ3n) is 11.6. The number of unbranched alkanes of at least 4 members (excludes halogenated alkanes) is 27. The number of phosphoric ester groups is 1. The molecule has 0 saturated heterocycles. The van der Waals surface area contributed by atoms with Gasteiger partial charge in [0.2, 0.25) is 0 Å². The number of carbonyl (C=O) groups excluding carboxylic acids is 1. The lowest BCUT2D eigenvalue weighted by atomic mass is 10.0. The third kappa shape index (κ3) is 52.9. The van der Waals surface area contributed by atoms with Crippen LogP contribution < -0.4 is 5.73 Å². The Morgan fingerprint density at radius 3 is 1.29 bits per heavy atom. The van der Waals surface area contributed by atoms with Crippen LogP contribution in [0.5, 0.6) is 0 Å². The van der Waals surface area contributed by atoms with E-state index in [1.807, 2.05) is 0 Å². The minimum Gasteiger partial charge on any atom is -0.457 e. The Hall–Kier alpha value is -2.06. The van der Waals surface area contributed by atoms with Crippen molar-refractivity contribution in [3.8, 4) is 0 Å². The predicted molar refractivity (Wildman–Crippen MR) is 284 cm³/mol. The molecule has 0 radical (unpaired) electrons. The number of phosphoric acid groups is 1. The first kappa shape index (κ1) is 63.9. The lowest BCUT2D eigenvalue weighted by Crippen LogP contribution is -2.28. The van der Waals surface area contributed by atoms with Gasteiger partial charge < -0.3 is 20.1 Å². The van der Waals surface area contributed by atoms with E-state index in [0.717, 1.165) is 77.0 Å². The molecule has 0 bridgehead atoms. The second-order valence-corrected chi connectivity index (χ2v) is 19.5. The van der Waals surface area contributed by atoms with Gasteiger partial charge in [0, 0.05) is 19.6 Å². The molecule has 9 heteroatoms. The van der Waals surface area contributed by atoms with Crippen molar-refractivity contribution in [3.63, 3.8) is 0 Å². The van der Waals surface area contributed by atoms with Gasteiger partial charge in [-0.05, 0) is 83.5 Å². The number of allylic oxidation sites excluding steroid dienone is 12. The highest BCUT2D eigenvalue weighted by molar-refractivity contribution is 7.47. The van der Waals surface area contributed by atoms with E-state index < -0.39 is 13.9 Å². The van der Waals surface area contributed by atoms with E-state index in [4.69, 9.17) is 24.3 Å². The first-order valence-electron chi connectivity index (χ1n) is 27.4. The molecule has 0 saturated carbocycles. The van der Waals surface area contributed by atoms with Gasteiger partial charge in [-0.1, -0.05) is 228 Å². The monoisotopic (exact) mass is 946 g/mol. The first-order chi connectivity index (χ1) is 32.4. The van der Waals surface area contributed by atoms with Crippen LogP contribution in [0.2, 0.25) is 0 Å². The van der Waals surface area contributed by atoms with Crippen molar-refractivity contribution >= 4 is 13.8 Å². The molecule has 2 unspecified atom stereocenters. The molecule has 0 aromatic carbocycles. The SMILES string of the molecule is CC/C=C\C/C=C\C/C=C\C/C=C\C/C=C\CCCCCCCCOCC(COP(=O)(O)OCCN)OC(=O)CCCCCCCCCCCCCCC/C=C\CCCCCCCCCC. The average Bonchev–Trinajstić information content (AvgIpc) is 3.31. The smallest absolute Gasteiger partial charge is 0.457 e. The lowest BCUT2D eigenvalue weighted by molar-refractivity contribution is -0.154. The summed E-state index contributed by atoms with van der Waals surface area (Å²) in [5.41, 5.74) is 5.40. The number of esters is 1. The Morgan fingerprint density at radius 2 is 0.848 bits per heavy atom. The van der Waals surface area contributed by atoms with E-state index in [1.165, 1.54) is 148 Å². The standard InChI is InChI=1S/C57H104NO7P/c1-3-5-7-9-11-13-15-17-19-21-23-25-27-28-29-30-32-34-36-38-40-42-44-46-48-50-57(59)65-56(55-64-66(60,61)63-53-51-58)54-62-52-49-47-45-43-41-39-37-35-33-31-26-24-22-20-18-16-14-12-10-8-6-4-2/h6,8,12,14,18,20-21,23-24,26,33,35,56H,3-5,7,9-11,13,15-17,19,22,25,27-32,34,36-55,58H2,1-2H3,(H,60,61)/b8-6-,14-12-,20-18-,23-21-,26-24-,35-33-. The molecule has 8 nitrogen and oxygen atoms in total. The van der Waals surface area contributed by atoms with Crippen LogP contribution in [0, 0.1) is 0 Å². The molecule has 0 aliphatic rings. The van der Waals surface area contributed by atoms with Gasteiger partial charge in [0.1, 0.15) is 6.10 Å².